The van der Waals surface area contributed by atoms with Crippen LogP contribution in [-0.4, -0.2) is 50.8 Å². The van der Waals surface area contributed by atoms with Crippen LogP contribution in [0.4, 0.5) is 19.3 Å². The molecule has 1 saturated heterocycles. The van der Waals surface area contributed by atoms with Crippen LogP contribution in [0.1, 0.15) is 31.2 Å². The Morgan fingerprint density at radius 2 is 1.88 bits per heavy atom. The summed E-state index contributed by atoms with van der Waals surface area (Å²) in [6.07, 6.45) is 3.48. The first kappa shape index (κ1) is 22.3. The molecule has 172 valence electrons. The minimum absolute atomic E-state index is 0.0301. The van der Waals surface area contributed by atoms with Gasteiger partial charge in [0.2, 0.25) is 0 Å². The van der Waals surface area contributed by atoms with Crippen molar-refractivity contribution in [2.45, 2.75) is 43.2 Å². The van der Waals surface area contributed by atoms with E-state index >= 15 is 0 Å². The second-order valence-corrected chi connectivity index (χ2v) is 8.67. The van der Waals surface area contributed by atoms with Crippen LogP contribution in [0.3, 0.4) is 0 Å². The molecule has 2 aromatic carbocycles. The van der Waals surface area contributed by atoms with Crippen molar-refractivity contribution in [2.75, 3.05) is 33.1 Å². The highest BCUT2D eigenvalue weighted by Gasteiger charge is 2.50. The number of rotatable bonds is 5. The molecular formula is C24H29F2N3O3. The van der Waals surface area contributed by atoms with Gasteiger partial charge in [0.25, 0.3) is 0 Å². The Hall–Kier alpha value is -2.87. The number of methoxy groups -OCH3 is 2. The summed E-state index contributed by atoms with van der Waals surface area (Å²) in [7, 11) is 5.37. The van der Waals surface area contributed by atoms with Crippen molar-refractivity contribution in [2.24, 2.45) is 0 Å². The Kier molecular flexibility index (Phi) is 6.24. The topological polar surface area (TPSA) is 62.8 Å². The predicted molar refractivity (Wildman–Crippen MR) is 118 cm³/mol. The van der Waals surface area contributed by atoms with Gasteiger partial charge >= 0.3 is 6.03 Å². The molecule has 3 atom stereocenters. The zero-order valence-corrected chi connectivity index (χ0v) is 18.6. The average Bonchev–Trinajstić information content (AvgIpc) is 3.13. The second kappa shape index (κ2) is 8.94. The van der Waals surface area contributed by atoms with E-state index in [0.717, 1.165) is 50.4 Å². The summed E-state index contributed by atoms with van der Waals surface area (Å²) in [6, 6.07) is 8.76. The van der Waals surface area contributed by atoms with Gasteiger partial charge in [0.15, 0.2) is 11.5 Å². The van der Waals surface area contributed by atoms with Crippen molar-refractivity contribution in [3.05, 3.63) is 53.6 Å². The summed E-state index contributed by atoms with van der Waals surface area (Å²) in [6.45, 7) is 0.965. The number of carbonyl (C=O) groups excluding carboxylic acids is 1. The number of likely N-dealkylation sites (N-methyl/N-ethyl adjacent to an activating group) is 1. The van der Waals surface area contributed by atoms with E-state index in [1.165, 1.54) is 5.56 Å². The predicted octanol–water partition coefficient (Wildman–Crippen LogP) is 4.30. The Morgan fingerprint density at radius 3 is 2.62 bits per heavy atom. The van der Waals surface area contributed by atoms with Gasteiger partial charge in [-0.25, -0.2) is 13.6 Å². The SMILES string of the molecule is COc1ccc(C23CCC(NC(=O)Nc4cc(F)ccc4F)CC2N(C)CC3)cc1OC. The van der Waals surface area contributed by atoms with E-state index < -0.39 is 17.7 Å². The Morgan fingerprint density at radius 1 is 1.09 bits per heavy atom. The van der Waals surface area contributed by atoms with Gasteiger partial charge in [0.1, 0.15) is 11.6 Å². The van der Waals surface area contributed by atoms with Crippen LogP contribution in [0.2, 0.25) is 0 Å². The fraction of sp³-hybridized carbons (Fsp3) is 0.458. The number of benzene rings is 2. The van der Waals surface area contributed by atoms with Crippen molar-refractivity contribution < 1.29 is 23.0 Å². The normalized spacial score (nSPS) is 25.2. The first-order chi connectivity index (χ1) is 15.4. The summed E-state index contributed by atoms with van der Waals surface area (Å²) < 4.78 is 38.2. The van der Waals surface area contributed by atoms with Crippen LogP contribution < -0.4 is 20.1 Å². The molecule has 2 aliphatic rings. The number of urea groups is 1. The highest BCUT2D eigenvalue weighted by atomic mass is 19.1. The van der Waals surface area contributed by atoms with Crippen LogP contribution in [0.15, 0.2) is 36.4 Å². The van der Waals surface area contributed by atoms with E-state index in [-0.39, 0.29) is 23.2 Å². The quantitative estimate of drug-likeness (QED) is 0.721. The molecule has 1 aliphatic heterocycles. The van der Waals surface area contributed by atoms with E-state index in [0.29, 0.717) is 11.5 Å². The molecule has 1 heterocycles. The molecule has 1 saturated carbocycles. The number of amides is 2. The van der Waals surface area contributed by atoms with Gasteiger partial charge in [0.05, 0.1) is 19.9 Å². The van der Waals surface area contributed by atoms with Gasteiger partial charge < -0.3 is 25.0 Å². The lowest BCUT2D eigenvalue weighted by Crippen LogP contribution is -2.52. The van der Waals surface area contributed by atoms with Crippen molar-refractivity contribution in [1.82, 2.24) is 10.2 Å². The van der Waals surface area contributed by atoms with Gasteiger partial charge in [-0.2, -0.15) is 0 Å². The van der Waals surface area contributed by atoms with Crippen LogP contribution in [0.25, 0.3) is 0 Å². The second-order valence-electron chi connectivity index (χ2n) is 8.67. The molecular weight excluding hydrogens is 416 g/mol. The number of anilines is 1. The lowest BCUT2D eigenvalue weighted by atomic mass is 9.65. The number of fused-ring (bicyclic) bond motifs is 1. The summed E-state index contributed by atoms with van der Waals surface area (Å²) in [5, 5.41) is 5.38. The standard InChI is InChI=1S/C24H29F2N3O3/c1-29-11-10-24(15-4-7-20(31-2)21(12-15)32-3)9-8-17(14-22(24)29)27-23(30)28-19-13-16(25)5-6-18(19)26/h4-7,12-13,17,22H,8-11,14H2,1-3H3,(H2,27,28,30). The van der Waals surface area contributed by atoms with Crippen LogP contribution in [0, 0.1) is 11.6 Å². The molecule has 2 N–H and O–H groups in total. The number of nitrogens with zero attached hydrogens (tertiary/aromatic N) is 1. The molecule has 2 aromatic rings. The highest BCUT2D eigenvalue weighted by Crippen LogP contribution is 2.49. The maximum Gasteiger partial charge on any atom is 0.319 e. The monoisotopic (exact) mass is 445 g/mol. The summed E-state index contributed by atoms with van der Waals surface area (Å²) in [5.74, 6) is 0.136. The third-order valence-corrected chi connectivity index (χ3v) is 7.00. The van der Waals surface area contributed by atoms with Crippen molar-refractivity contribution in [3.63, 3.8) is 0 Å². The van der Waals surface area contributed by atoms with Crippen LogP contribution >= 0.6 is 0 Å². The van der Waals surface area contributed by atoms with Crippen molar-refractivity contribution in [3.8, 4) is 11.5 Å². The summed E-state index contributed by atoms with van der Waals surface area (Å²) in [5.41, 5.74) is 1.02. The maximum atomic E-state index is 13.9. The molecule has 8 heteroatoms. The number of hydrogen-bond acceptors (Lipinski definition) is 4. The third-order valence-electron chi connectivity index (χ3n) is 7.00. The molecule has 3 unspecified atom stereocenters. The molecule has 0 radical (unpaired) electrons. The van der Waals surface area contributed by atoms with E-state index in [1.807, 2.05) is 6.07 Å². The first-order valence-electron chi connectivity index (χ1n) is 10.8. The zero-order chi connectivity index (χ0) is 22.9. The fourth-order valence-electron chi connectivity index (χ4n) is 5.33. The molecule has 0 aromatic heterocycles. The average molecular weight is 446 g/mol. The molecule has 4 rings (SSSR count). The Balaban J connectivity index is 1.49. The van der Waals surface area contributed by atoms with Gasteiger partial charge in [-0.3, -0.25) is 0 Å². The maximum absolute atomic E-state index is 13.9. The van der Waals surface area contributed by atoms with Crippen LogP contribution in [-0.2, 0) is 5.41 Å². The van der Waals surface area contributed by atoms with Crippen molar-refractivity contribution in [1.29, 1.82) is 0 Å². The molecule has 32 heavy (non-hydrogen) atoms. The molecule has 0 bridgehead atoms. The van der Waals surface area contributed by atoms with E-state index in [4.69, 9.17) is 9.47 Å². The highest BCUT2D eigenvalue weighted by molar-refractivity contribution is 5.89. The number of ether oxygens (including phenoxy) is 2. The molecule has 6 nitrogen and oxygen atoms in total. The Labute approximate surface area is 186 Å². The number of likely N-dealkylation sites (tertiary alicyclic amines) is 1. The minimum Gasteiger partial charge on any atom is -0.493 e. The van der Waals surface area contributed by atoms with Gasteiger partial charge in [-0.1, -0.05) is 6.07 Å². The largest absolute Gasteiger partial charge is 0.493 e. The number of halogens is 2. The van der Waals surface area contributed by atoms with E-state index in [9.17, 15) is 13.6 Å². The van der Waals surface area contributed by atoms with E-state index in [1.54, 1.807) is 14.2 Å². The number of nitrogens with one attached hydrogen (secondary N) is 2. The minimum atomic E-state index is -0.673. The summed E-state index contributed by atoms with van der Waals surface area (Å²) >= 11 is 0. The fourth-order valence-corrected chi connectivity index (χ4v) is 5.33. The van der Waals surface area contributed by atoms with Gasteiger partial charge in [-0.05, 0) is 69.1 Å². The molecule has 1 aliphatic carbocycles. The molecule has 0 spiro atoms. The van der Waals surface area contributed by atoms with Crippen molar-refractivity contribution >= 4 is 11.7 Å². The first-order valence-corrected chi connectivity index (χ1v) is 10.8. The van der Waals surface area contributed by atoms with Gasteiger partial charge in [0, 0.05) is 23.6 Å². The zero-order valence-electron chi connectivity index (χ0n) is 18.6. The summed E-state index contributed by atoms with van der Waals surface area (Å²) in [4.78, 5) is 14.8. The number of hydrogen-bond donors (Lipinski definition) is 2. The molecule has 2 fully saturated rings. The third kappa shape index (κ3) is 4.11. The van der Waals surface area contributed by atoms with Gasteiger partial charge in [-0.15, -0.1) is 0 Å². The molecule has 2 amide bonds. The lowest BCUT2D eigenvalue weighted by molar-refractivity contribution is 0.156. The van der Waals surface area contributed by atoms with Crippen LogP contribution in [0.5, 0.6) is 11.5 Å². The van der Waals surface area contributed by atoms with E-state index in [2.05, 4.69) is 34.7 Å². The number of carbonyl (C=O) groups is 1. The lowest BCUT2D eigenvalue weighted by Gasteiger charge is -2.45. The smallest absolute Gasteiger partial charge is 0.319 e. The Bertz CT molecular complexity index is 1000.